The van der Waals surface area contributed by atoms with Gasteiger partial charge in [0.15, 0.2) is 0 Å². The van der Waals surface area contributed by atoms with Gasteiger partial charge in [-0.3, -0.25) is 4.90 Å². The minimum atomic E-state index is 0.306. The van der Waals surface area contributed by atoms with Crippen molar-refractivity contribution < 1.29 is 9.47 Å². The molecular weight excluding hydrogens is 232 g/mol. The second-order valence-corrected chi connectivity index (χ2v) is 4.65. The molecule has 102 valence electrons. The molecule has 0 saturated carbocycles. The number of hydrogen-bond donors (Lipinski definition) is 0. The van der Waals surface area contributed by atoms with E-state index in [1.54, 1.807) is 13.4 Å². The van der Waals surface area contributed by atoms with E-state index in [-0.39, 0.29) is 0 Å². The first-order valence-corrected chi connectivity index (χ1v) is 6.47. The van der Waals surface area contributed by atoms with Crippen LogP contribution in [-0.2, 0) is 16.0 Å². The third-order valence-corrected chi connectivity index (χ3v) is 3.33. The molecule has 18 heavy (non-hydrogen) atoms. The maximum absolute atomic E-state index is 5.72. The molecule has 1 aliphatic heterocycles. The Labute approximate surface area is 108 Å². The summed E-state index contributed by atoms with van der Waals surface area (Å²) in [5.41, 5.74) is 0. The van der Waals surface area contributed by atoms with Crippen LogP contribution in [0.25, 0.3) is 0 Å². The Hall–Kier alpha value is -0.980. The topological polar surface area (TPSA) is 52.4 Å². The quantitative estimate of drug-likeness (QED) is 0.732. The van der Waals surface area contributed by atoms with E-state index in [0.29, 0.717) is 6.10 Å². The van der Waals surface area contributed by atoms with Crippen LogP contribution in [-0.4, -0.2) is 65.7 Å². The highest BCUT2D eigenvalue weighted by Gasteiger charge is 2.19. The summed E-state index contributed by atoms with van der Waals surface area (Å²) >= 11 is 0. The van der Waals surface area contributed by atoms with Crippen molar-refractivity contribution in [3.05, 3.63) is 12.2 Å². The number of nitrogens with zero attached hydrogens (tertiary/aromatic N) is 4. The van der Waals surface area contributed by atoms with Gasteiger partial charge in [-0.1, -0.05) is 0 Å². The molecule has 1 aromatic heterocycles. The molecule has 0 bridgehead atoms. The van der Waals surface area contributed by atoms with Gasteiger partial charge in [-0.05, 0) is 13.3 Å². The smallest absolute Gasteiger partial charge is 0.129 e. The normalized spacial score (nSPS) is 21.3. The molecule has 1 aliphatic rings. The van der Waals surface area contributed by atoms with Crippen LogP contribution in [0.5, 0.6) is 0 Å². The van der Waals surface area contributed by atoms with Crippen LogP contribution in [0.3, 0.4) is 0 Å². The molecule has 2 heterocycles. The Kier molecular flexibility index (Phi) is 5.10. The fourth-order valence-corrected chi connectivity index (χ4v) is 2.19. The second kappa shape index (κ2) is 6.82. The Morgan fingerprint density at radius 3 is 3.11 bits per heavy atom. The lowest BCUT2D eigenvalue weighted by atomic mass is 10.2. The largest absolute Gasteiger partial charge is 0.385 e. The number of methoxy groups -OCH3 is 1. The van der Waals surface area contributed by atoms with Crippen molar-refractivity contribution in [1.29, 1.82) is 0 Å². The Bertz CT molecular complexity index is 356. The van der Waals surface area contributed by atoms with E-state index in [9.17, 15) is 0 Å². The monoisotopic (exact) mass is 254 g/mol. The third-order valence-electron chi connectivity index (χ3n) is 3.33. The number of aryl methyl sites for hydroxylation is 1. The Morgan fingerprint density at radius 2 is 2.39 bits per heavy atom. The van der Waals surface area contributed by atoms with Gasteiger partial charge in [-0.15, -0.1) is 10.2 Å². The van der Waals surface area contributed by atoms with Gasteiger partial charge in [0.25, 0.3) is 0 Å². The van der Waals surface area contributed by atoms with Crippen molar-refractivity contribution in [1.82, 2.24) is 19.7 Å². The van der Waals surface area contributed by atoms with Gasteiger partial charge in [-0.2, -0.15) is 0 Å². The molecule has 0 radical (unpaired) electrons. The molecule has 6 nitrogen and oxygen atoms in total. The van der Waals surface area contributed by atoms with Gasteiger partial charge in [0, 0.05) is 39.9 Å². The molecule has 1 unspecified atom stereocenters. The number of rotatable bonds is 6. The lowest BCUT2D eigenvalue weighted by molar-refractivity contribution is -0.0414. The molecular formula is C12H22N4O2. The van der Waals surface area contributed by atoms with Crippen molar-refractivity contribution in [2.45, 2.75) is 26.0 Å². The van der Waals surface area contributed by atoms with E-state index < -0.39 is 0 Å². The molecule has 0 aromatic carbocycles. The highest BCUT2D eigenvalue weighted by molar-refractivity contribution is 4.81. The zero-order valence-electron chi connectivity index (χ0n) is 11.2. The molecule has 0 spiro atoms. The number of aromatic nitrogens is 3. The number of hydrogen-bond acceptors (Lipinski definition) is 5. The van der Waals surface area contributed by atoms with Crippen LogP contribution in [0.2, 0.25) is 0 Å². The van der Waals surface area contributed by atoms with E-state index in [4.69, 9.17) is 9.47 Å². The minimum absolute atomic E-state index is 0.306. The summed E-state index contributed by atoms with van der Waals surface area (Å²) in [6.07, 6.45) is 3.07. The van der Waals surface area contributed by atoms with Crippen LogP contribution >= 0.6 is 0 Å². The molecule has 0 aliphatic carbocycles. The SMILES string of the molecule is COCCC1CN(CCn2cnnc2C)CCO1. The van der Waals surface area contributed by atoms with Crippen LogP contribution in [0, 0.1) is 6.92 Å². The van der Waals surface area contributed by atoms with Crippen molar-refractivity contribution in [2.24, 2.45) is 0 Å². The average Bonchev–Trinajstić information content (AvgIpc) is 2.80. The first-order valence-electron chi connectivity index (χ1n) is 6.47. The van der Waals surface area contributed by atoms with E-state index in [0.717, 1.165) is 51.6 Å². The molecule has 0 N–H and O–H groups in total. The van der Waals surface area contributed by atoms with Crippen molar-refractivity contribution in [2.75, 3.05) is 40.0 Å². The summed E-state index contributed by atoms with van der Waals surface area (Å²) in [6, 6.07) is 0. The first-order chi connectivity index (χ1) is 8.79. The predicted octanol–water partition coefficient (Wildman–Crippen LogP) is 0.324. The van der Waals surface area contributed by atoms with Gasteiger partial charge in [0.2, 0.25) is 0 Å². The third kappa shape index (κ3) is 3.76. The van der Waals surface area contributed by atoms with Crippen molar-refractivity contribution in [3.8, 4) is 0 Å². The van der Waals surface area contributed by atoms with Gasteiger partial charge in [0.1, 0.15) is 12.2 Å². The van der Waals surface area contributed by atoms with Crippen LogP contribution in [0.15, 0.2) is 6.33 Å². The van der Waals surface area contributed by atoms with Crippen molar-refractivity contribution >= 4 is 0 Å². The first kappa shape index (κ1) is 13.5. The fourth-order valence-electron chi connectivity index (χ4n) is 2.19. The lowest BCUT2D eigenvalue weighted by Gasteiger charge is -2.32. The zero-order chi connectivity index (χ0) is 12.8. The maximum atomic E-state index is 5.72. The summed E-state index contributed by atoms with van der Waals surface area (Å²) in [6.45, 7) is 7.52. The van der Waals surface area contributed by atoms with E-state index in [2.05, 4.69) is 19.7 Å². The van der Waals surface area contributed by atoms with Gasteiger partial charge in [-0.25, -0.2) is 0 Å². The Morgan fingerprint density at radius 1 is 1.50 bits per heavy atom. The number of morpholine rings is 1. The minimum Gasteiger partial charge on any atom is -0.385 e. The standard InChI is InChI=1S/C12H22N4O2/c1-11-14-13-10-16(11)5-4-15-6-8-18-12(9-15)3-7-17-2/h10,12H,3-9H2,1-2H3. The molecule has 0 amide bonds. The summed E-state index contributed by atoms with van der Waals surface area (Å²) in [5.74, 6) is 0.971. The summed E-state index contributed by atoms with van der Waals surface area (Å²) in [4.78, 5) is 2.43. The van der Waals surface area contributed by atoms with Gasteiger partial charge < -0.3 is 14.0 Å². The highest BCUT2D eigenvalue weighted by Crippen LogP contribution is 2.09. The highest BCUT2D eigenvalue weighted by atomic mass is 16.5. The van der Waals surface area contributed by atoms with Gasteiger partial charge >= 0.3 is 0 Å². The molecule has 1 fully saturated rings. The van der Waals surface area contributed by atoms with Crippen molar-refractivity contribution in [3.63, 3.8) is 0 Å². The zero-order valence-corrected chi connectivity index (χ0v) is 11.2. The van der Waals surface area contributed by atoms with Crippen LogP contribution in [0.4, 0.5) is 0 Å². The van der Waals surface area contributed by atoms with E-state index >= 15 is 0 Å². The molecule has 1 aromatic rings. The maximum Gasteiger partial charge on any atom is 0.129 e. The van der Waals surface area contributed by atoms with E-state index in [1.165, 1.54) is 0 Å². The van der Waals surface area contributed by atoms with Crippen LogP contribution in [0.1, 0.15) is 12.2 Å². The Balaban J connectivity index is 1.74. The average molecular weight is 254 g/mol. The second-order valence-electron chi connectivity index (χ2n) is 4.65. The van der Waals surface area contributed by atoms with E-state index in [1.807, 2.05) is 6.92 Å². The number of ether oxygens (including phenoxy) is 2. The van der Waals surface area contributed by atoms with Crippen LogP contribution < -0.4 is 0 Å². The summed E-state index contributed by atoms with van der Waals surface area (Å²) in [7, 11) is 1.73. The summed E-state index contributed by atoms with van der Waals surface area (Å²) < 4.78 is 12.9. The predicted molar refractivity (Wildman–Crippen MR) is 67.4 cm³/mol. The molecule has 1 saturated heterocycles. The molecule has 1 atom stereocenters. The summed E-state index contributed by atoms with van der Waals surface area (Å²) in [5, 5.41) is 7.88. The fraction of sp³-hybridized carbons (Fsp3) is 0.833. The molecule has 2 rings (SSSR count). The van der Waals surface area contributed by atoms with Gasteiger partial charge in [0.05, 0.1) is 12.7 Å². The lowest BCUT2D eigenvalue weighted by Crippen LogP contribution is -2.44. The molecule has 6 heteroatoms.